The molecule has 3 aromatic carbocycles. The van der Waals surface area contributed by atoms with Crippen LogP contribution in [-0.2, 0) is 19.8 Å². The summed E-state index contributed by atoms with van der Waals surface area (Å²) in [6.45, 7) is 3.08. The first-order valence-electron chi connectivity index (χ1n) is 17.9. The predicted molar refractivity (Wildman–Crippen MR) is 200 cm³/mol. The van der Waals surface area contributed by atoms with Crippen LogP contribution in [0.4, 0.5) is 10.2 Å². The Balaban J connectivity index is 1.47. The number of nitrogens with zero attached hydrogens (tertiary/aromatic N) is 5. The molecule has 0 aliphatic carbocycles. The van der Waals surface area contributed by atoms with Crippen LogP contribution in [0.1, 0.15) is 75.3 Å². The van der Waals surface area contributed by atoms with Gasteiger partial charge >= 0.3 is 11.7 Å². The third kappa shape index (κ3) is 8.64. The first-order chi connectivity index (χ1) is 25.7. The van der Waals surface area contributed by atoms with Crippen molar-refractivity contribution in [2.45, 2.75) is 75.9 Å². The molecular weight excluding hydrogens is 679 g/mol. The number of alkyl halides is 1. The Morgan fingerprint density at radius 2 is 1.57 bits per heavy atom. The number of carbonyl (C=O) groups is 1. The van der Waals surface area contributed by atoms with Crippen molar-refractivity contribution in [1.29, 1.82) is 0 Å². The average Bonchev–Trinajstić information content (AvgIpc) is 3.44. The van der Waals surface area contributed by atoms with E-state index in [0.717, 1.165) is 46.9 Å². The summed E-state index contributed by atoms with van der Waals surface area (Å²) in [6.07, 6.45) is 3.31. The maximum Gasteiger partial charge on any atom is 0.351 e. The highest BCUT2D eigenvalue weighted by atomic mass is 19.1. The van der Waals surface area contributed by atoms with E-state index in [-0.39, 0.29) is 25.4 Å². The first-order valence-corrected chi connectivity index (χ1v) is 17.9. The molecule has 0 unspecified atom stereocenters. The predicted octanol–water partition coefficient (Wildman–Crippen LogP) is 8.12. The fourth-order valence-electron chi connectivity index (χ4n) is 6.81. The second-order valence-corrected chi connectivity index (χ2v) is 13.2. The van der Waals surface area contributed by atoms with Gasteiger partial charge in [-0.05, 0) is 59.0 Å². The normalized spacial score (nSPS) is 19.6. The molecule has 1 saturated heterocycles. The van der Waals surface area contributed by atoms with Crippen LogP contribution in [0, 0.1) is 5.92 Å². The van der Waals surface area contributed by atoms with Gasteiger partial charge in [-0.1, -0.05) is 99.2 Å². The van der Waals surface area contributed by atoms with Gasteiger partial charge in [-0.25, -0.2) is 9.18 Å². The minimum atomic E-state index is -1.71. The van der Waals surface area contributed by atoms with Crippen molar-refractivity contribution in [3.63, 3.8) is 0 Å². The SMILES string of the molecule is CCCCCCCC(=O)OC[C@@]1(CN=[N+]=[N-])O[C@@H](n2ccc(NC(c3ccccc3)(c3ccc(OC)cc3)c3ccc(OC)cc3)nc2=O)[C@H](F)[C@@H]1C. The lowest BCUT2D eigenvalue weighted by atomic mass is 9.77. The summed E-state index contributed by atoms with van der Waals surface area (Å²) in [4.78, 5) is 33.6. The van der Waals surface area contributed by atoms with Crippen molar-refractivity contribution in [3.8, 4) is 11.5 Å². The zero-order chi connectivity index (χ0) is 37.8. The molecule has 1 aromatic heterocycles. The van der Waals surface area contributed by atoms with Crippen LogP contribution in [-0.4, -0.2) is 54.7 Å². The fraction of sp³-hybridized carbons (Fsp3) is 0.425. The van der Waals surface area contributed by atoms with Crippen molar-refractivity contribution in [2.75, 3.05) is 32.7 Å². The Morgan fingerprint density at radius 1 is 0.962 bits per heavy atom. The van der Waals surface area contributed by atoms with Crippen molar-refractivity contribution in [3.05, 3.63) is 129 Å². The number of azide groups is 1. The van der Waals surface area contributed by atoms with E-state index in [9.17, 15) is 9.59 Å². The second kappa shape index (κ2) is 17.9. The number of methoxy groups -OCH3 is 2. The topological polar surface area (TPSA) is 150 Å². The van der Waals surface area contributed by atoms with Crippen LogP contribution in [0.5, 0.6) is 11.5 Å². The maximum absolute atomic E-state index is 16.2. The second-order valence-electron chi connectivity index (χ2n) is 13.2. The number of rotatable bonds is 18. The molecule has 2 heterocycles. The summed E-state index contributed by atoms with van der Waals surface area (Å²) >= 11 is 0. The molecular formula is C40H47FN6O6. The number of benzene rings is 3. The summed E-state index contributed by atoms with van der Waals surface area (Å²) in [5.74, 6) is 0.228. The zero-order valence-corrected chi connectivity index (χ0v) is 30.6. The Bertz CT molecular complexity index is 1850. The monoisotopic (exact) mass is 726 g/mol. The molecule has 0 bridgehead atoms. The number of esters is 1. The van der Waals surface area contributed by atoms with Crippen LogP contribution in [0.25, 0.3) is 10.4 Å². The lowest BCUT2D eigenvalue weighted by Crippen LogP contribution is -2.44. The molecule has 0 radical (unpaired) electrons. The Morgan fingerprint density at radius 3 is 2.13 bits per heavy atom. The smallest absolute Gasteiger partial charge is 0.351 e. The number of unbranched alkanes of at least 4 members (excludes halogenated alkanes) is 4. The molecule has 1 aliphatic rings. The Kier molecular flexibility index (Phi) is 13.1. The van der Waals surface area contributed by atoms with E-state index in [0.29, 0.717) is 17.9 Å². The van der Waals surface area contributed by atoms with E-state index in [1.165, 1.54) is 6.20 Å². The molecule has 13 heteroatoms. The van der Waals surface area contributed by atoms with E-state index in [2.05, 4.69) is 27.3 Å². The summed E-state index contributed by atoms with van der Waals surface area (Å²) in [7, 11) is 3.20. The summed E-state index contributed by atoms with van der Waals surface area (Å²) < 4.78 is 39.9. The standard InChI is InChI=1S/C40H47FN6O6/c1-5-6-7-8-12-15-35(48)52-27-39(26-43-46-42)28(2)36(41)37(53-39)47-25-24-34(44-38(47)49)45-40(29-13-10-9-11-14-29,30-16-20-32(50-3)21-17-30)31-18-22-33(51-4)23-19-31/h9-11,13-14,16-25,28,36-37H,5-8,12,15,26-27H2,1-4H3,(H,44,45,49)/t28-,36+,37+,39+/m0/s1. The molecule has 1 aliphatic heterocycles. The van der Waals surface area contributed by atoms with Crippen LogP contribution < -0.4 is 20.5 Å². The molecule has 4 atom stereocenters. The van der Waals surface area contributed by atoms with Crippen molar-refractivity contribution < 1.29 is 28.1 Å². The molecule has 1 fully saturated rings. The number of hydrogen-bond acceptors (Lipinski definition) is 9. The minimum Gasteiger partial charge on any atom is -0.497 e. The van der Waals surface area contributed by atoms with Crippen molar-refractivity contribution in [2.24, 2.45) is 11.0 Å². The highest BCUT2D eigenvalue weighted by Crippen LogP contribution is 2.44. The molecule has 0 spiro atoms. The molecule has 4 aromatic rings. The number of aromatic nitrogens is 2. The van der Waals surface area contributed by atoms with E-state index >= 15 is 4.39 Å². The van der Waals surface area contributed by atoms with Gasteiger partial charge in [0.2, 0.25) is 0 Å². The van der Waals surface area contributed by atoms with Gasteiger partial charge in [0.25, 0.3) is 0 Å². The Hall–Kier alpha value is -5.39. The van der Waals surface area contributed by atoms with E-state index in [4.69, 9.17) is 24.5 Å². The third-order valence-corrected chi connectivity index (χ3v) is 9.97. The van der Waals surface area contributed by atoms with Crippen molar-refractivity contribution >= 4 is 11.8 Å². The molecule has 0 amide bonds. The van der Waals surface area contributed by atoms with Crippen LogP contribution in [0.3, 0.4) is 0 Å². The Labute approximate surface area is 308 Å². The summed E-state index contributed by atoms with van der Waals surface area (Å²) in [5.41, 5.74) is 8.32. The lowest BCUT2D eigenvalue weighted by molar-refractivity contribution is -0.160. The van der Waals surface area contributed by atoms with E-state index in [1.54, 1.807) is 27.2 Å². The number of anilines is 1. The van der Waals surface area contributed by atoms with E-state index < -0.39 is 41.1 Å². The number of halogens is 1. The lowest BCUT2D eigenvalue weighted by Gasteiger charge is -2.37. The van der Waals surface area contributed by atoms with E-state index in [1.807, 2.05) is 78.9 Å². The highest BCUT2D eigenvalue weighted by Gasteiger charge is 2.55. The first kappa shape index (κ1) is 38.8. The van der Waals surface area contributed by atoms with Crippen molar-refractivity contribution in [1.82, 2.24) is 9.55 Å². The van der Waals surface area contributed by atoms with Gasteiger partial charge in [0.05, 0.1) is 20.8 Å². The van der Waals surface area contributed by atoms with Crippen LogP contribution >= 0.6 is 0 Å². The number of carbonyl (C=O) groups excluding carboxylic acids is 1. The number of hydrogen-bond donors (Lipinski definition) is 1. The molecule has 1 N–H and O–H groups in total. The van der Waals surface area contributed by atoms with Gasteiger partial charge in [-0.15, -0.1) is 0 Å². The molecule has 12 nitrogen and oxygen atoms in total. The van der Waals surface area contributed by atoms with Gasteiger partial charge in [0.15, 0.2) is 12.4 Å². The molecule has 53 heavy (non-hydrogen) atoms. The zero-order valence-electron chi connectivity index (χ0n) is 30.6. The summed E-state index contributed by atoms with van der Waals surface area (Å²) in [6, 6.07) is 26.5. The maximum atomic E-state index is 16.2. The summed E-state index contributed by atoms with van der Waals surface area (Å²) in [5, 5.41) is 7.21. The average molecular weight is 727 g/mol. The molecule has 5 rings (SSSR count). The highest BCUT2D eigenvalue weighted by molar-refractivity contribution is 5.69. The quantitative estimate of drug-likeness (QED) is 0.0270. The fourth-order valence-corrected chi connectivity index (χ4v) is 6.81. The van der Waals surface area contributed by atoms with Gasteiger partial charge in [-0.3, -0.25) is 9.36 Å². The minimum absolute atomic E-state index is 0.216. The van der Waals surface area contributed by atoms with Gasteiger partial charge in [0, 0.05) is 23.4 Å². The van der Waals surface area contributed by atoms with Crippen LogP contribution in [0.2, 0.25) is 0 Å². The van der Waals surface area contributed by atoms with Gasteiger partial charge < -0.3 is 24.3 Å². The molecule has 280 valence electrons. The number of nitrogens with one attached hydrogen (secondary N) is 1. The van der Waals surface area contributed by atoms with Gasteiger partial charge in [0.1, 0.15) is 35.1 Å². The largest absolute Gasteiger partial charge is 0.497 e. The number of ether oxygens (including phenoxy) is 4. The molecule has 0 saturated carbocycles. The van der Waals surface area contributed by atoms with Gasteiger partial charge in [-0.2, -0.15) is 4.98 Å². The third-order valence-electron chi connectivity index (χ3n) is 9.97. The van der Waals surface area contributed by atoms with Crippen LogP contribution in [0.15, 0.2) is 101 Å².